The van der Waals surface area contributed by atoms with Crippen molar-refractivity contribution in [1.82, 2.24) is 38.5 Å². The van der Waals surface area contributed by atoms with E-state index in [-0.39, 0.29) is 41.8 Å². The number of fused-ring (bicyclic) bond motifs is 6. The van der Waals surface area contributed by atoms with E-state index in [2.05, 4.69) is 10.00 Å². The Morgan fingerprint density at radius 1 is 0.638 bits per heavy atom. The second-order valence-corrected chi connectivity index (χ2v) is 15.5. The number of likely N-dealkylation sites (tertiary alicyclic amines) is 1. The highest BCUT2D eigenvalue weighted by molar-refractivity contribution is 6.10. The van der Waals surface area contributed by atoms with Gasteiger partial charge in [0.05, 0.1) is 37.0 Å². The predicted molar refractivity (Wildman–Crippen MR) is 216 cm³/mol. The largest absolute Gasteiger partial charge is 0.339 e. The number of aromatic nitrogens is 6. The Hall–Kier alpha value is -6.12. The standard InChI is InChI=1S/C44H40F4N8O2/c1-51(2)21-28-16-38-31(19-36(28)48)40-37(50-56(44(58)42(40)52(38)3)24-27-11-5-7-13-34(27)46)25-54-39-17-29(22-53-14-8-9-15-53)35(47)18-30(39)32-20-49-55(43(57)41(32)54)23-26-10-4-6-12-33(26)45/h4-7,10-13,16-20H,8-9,14-15,21-25H2,1-3H3. The molecule has 10 nitrogen and oxygen atoms in total. The van der Waals surface area contributed by atoms with Gasteiger partial charge in [0.25, 0.3) is 11.1 Å². The van der Waals surface area contributed by atoms with E-state index in [0.29, 0.717) is 62.5 Å². The monoisotopic (exact) mass is 788 g/mol. The lowest BCUT2D eigenvalue weighted by Gasteiger charge is -2.16. The Kier molecular flexibility index (Phi) is 9.48. The molecular formula is C44H40F4N8O2. The summed E-state index contributed by atoms with van der Waals surface area (Å²) in [6.45, 7) is 1.88. The molecule has 0 amide bonds. The van der Waals surface area contributed by atoms with Crippen LogP contribution in [-0.4, -0.2) is 65.7 Å². The first-order valence-corrected chi connectivity index (χ1v) is 19.2. The molecule has 0 aliphatic carbocycles. The van der Waals surface area contributed by atoms with E-state index in [0.717, 1.165) is 25.9 Å². The van der Waals surface area contributed by atoms with Gasteiger partial charge < -0.3 is 14.0 Å². The highest BCUT2D eigenvalue weighted by atomic mass is 19.1. The van der Waals surface area contributed by atoms with Crippen LogP contribution in [0, 0.1) is 23.3 Å². The number of hydrogen-bond acceptors (Lipinski definition) is 6. The number of nitrogens with zero attached hydrogens (tertiary/aromatic N) is 8. The highest BCUT2D eigenvalue weighted by Gasteiger charge is 2.26. The smallest absolute Gasteiger partial charge is 0.291 e. The van der Waals surface area contributed by atoms with Gasteiger partial charge in [-0.3, -0.25) is 14.5 Å². The fourth-order valence-electron chi connectivity index (χ4n) is 8.49. The van der Waals surface area contributed by atoms with Crippen LogP contribution >= 0.6 is 0 Å². The van der Waals surface area contributed by atoms with Gasteiger partial charge in [-0.2, -0.15) is 10.2 Å². The topological polar surface area (TPSA) is 86.1 Å². The Morgan fingerprint density at radius 2 is 1.24 bits per heavy atom. The summed E-state index contributed by atoms with van der Waals surface area (Å²) in [5.74, 6) is -1.89. The van der Waals surface area contributed by atoms with Crippen LogP contribution in [0.3, 0.4) is 0 Å². The van der Waals surface area contributed by atoms with Crippen molar-refractivity contribution in [1.29, 1.82) is 0 Å². The van der Waals surface area contributed by atoms with E-state index in [1.165, 1.54) is 39.8 Å². The molecule has 1 saturated heterocycles. The molecule has 0 radical (unpaired) electrons. The van der Waals surface area contributed by atoms with Gasteiger partial charge in [0.15, 0.2) is 0 Å². The normalized spacial score (nSPS) is 13.7. The van der Waals surface area contributed by atoms with Crippen molar-refractivity contribution >= 4 is 43.6 Å². The number of hydrogen-bond donors (Lipinski definition) is 0. The third kappa shape index (κ3) is 6.45. The van der Waals surface area contributed by atoms with Crippen LogP contribution in [-0.2, 0) is 39.8 Å². The van der Waals surface area contributed by atoms with Crippen molar-refractivity contribution < 1.29 is 17.6 Å². The van der Waals surface area contributed by atoms with Gasteiger partial charge in [0.1, 0.15) is 34.3 Å². The molecule has 296 valence electrons. The zero-order valence-corrected chi connectivity index (χ0v) is 32.3. The van der Waals surface area contributed by atoms with Gasteiger partial charge in [-0.15, -0.1) is 0 Å². The van der Waals surface area contributed by atoms with Gasteiger partial charge in [0.2, 0.25) is 0 Å². The van der Waals surface area contributed by atoms with Crippen LogP contribution < -0.4 is 11.1 Å². The molecule has 0 bridgehead atoms. The van der Waals surface area contributed by atoms with Crippen LogP contribution in [0.15, 0.2) is 88.6 Å². The molecule has 14 heteroatoms. The molecule has 5 heterocycles. The maximum atomic E-state index is 16.0. The molecule has 4 aromatic carbocycles. The van der Waals surface area contributed by atoms with Crippen molar-refractivity contribution in [2.75, 3.05) is 27.2 Å². The second-order valence-electron chi connectivity index (χ2n) is 15.5. The van der Waals surface area contributed by atoms with Crippen molar-refractivity contribution in [3.8, 4) is 0 Å². The summed E-state index contributed by atoms with van der Waals surface area (Å²) in [4.78, 5) is 33.0. The summed E-state index contributed by atoms with van der Waals surface area (Å²) in [5, 5.41) is 10.9. The Labute approximate surface area is 329 Å². The molecule has 0 atom stereocenters. The van der Waals surface area contributed by atoms with E-state index in [9.17, 15) is 14.0 Å². The van der Waals surface area contributed by atoms with Crippen molar-refractivity contribution in [3.63, 3.8) is 0 Å². The van der Waals surface area contributed by atoms with E-state index in [1.807, 2.05) is 19.0 Å². The quantitative estimate of drug-likeness (QED) is 0.140. The first-order valence-electron chi connectivity index (χ1n) is 19.2. The third-order valence-electron chi connectivity index (χ3n) is 11.3. The molecule has 9 rings (SSSR count). The molecule has 4 aromatic heterocycles. The van der Waals surface area contributed by atoms with Crippen molar-refractivity contribution in [2.24, 2.45) is 7.05 Å². The molecule has 0 spiro atoms. The number of aryl methyl sites for hydroxylation is 1. The fraction of sp³-hybridized carbons (Fsp3) is 0.273. The molecule has 8 aromatic rings. The summed E-state index contributed by atoms with van der Waals surface area (Å²) < 4.78 is 67.7. The lowest BCUT2D eigenvalue weighted by atomic mass is 10.1. The summed E-state index contributed by atoms with van der Waals surface area (Å²) in [6, 6.07) is 18.5. The molecule has 0 unspecified atom stereocenters. The number of rotatable bonds is 10. The van der Waals surface area contributed by atoms with Crippen molar-refractivity contribution in [2.45, 2.75) is 45.6 Å². The van der Waals surface area contributed by atoms with E-state index in [4.69, 9.17) is 5.10 Å². The number of benzene rings is 4. The SMILES string of the molecule is CN(C)Cc1cc2c(cc1F)c1c(Cn3c4cc(CN5CCCC5)c(F)cc4c4cnn(Cc5ccccc5F)c(=O)c43)nn(Cc3ccccc3F)c(=O)c1n2C. The summed E-state index contributed by atoms with van der Waals surface area (Å²) >= 11 is 0. The first kappa shape index (κ1) is 37.5. The van der Waals surface area contributed by atoms with Crippen molar-refractivity contribution in [3.05, 3.63) is 151 Å². The fourth-order valence-corrected chi connectivity index (χ4v) is 8.49. The van der Waals surface area contributed by atoms with Crippen LogP contribution in [0.5, 0.6) is 0 Å². The van der Waals surface area contributed by atoms with Crippen LogP contribution in [0.25, 0.3) is 43.6 Å². The summed E-state index contributed by atoms with van der Waals surface area (Å²) in [6.07, 6.45) is 3.52. The van der Waals surface area contributed by atoms with Gasteiger partial charge in [-0.25, -0.2) is 26.9 Å². The molecule has 1 fully saturated rings. The van der Waals surface area contributed by atoms with Gasteiger partial charge >= 0.3 is 0 Å². The Balaban J connectivity index is 1.32. The average molecular weight is 789 g/mol. The molecule has 0 N–H and O–H groups in total. The van der Waals surface area contributed by atoms with E-state index < -0.39 is 34.4 Å². The third-order valence-corrected chi connectivity index (χ3v) is 11.3. The maximum absolute atomic E-state index is 16.0. The summed E-state index contributed by atoms with van der Waals surface area (Å²) in [7, 11) is 5.40. The molecule has 0 saturated carbocycles. The summed E-state index contributed by atoms with van der Waals surface area (Å²) in [5.41, 5.74) is 2.12. The molecular weight excluding hydrogens is 749 g/mol. The second kappa shape index (κ2) is 14.7. The molecule has 1 aliphatic heterocycles. The Morgan fingerprint density at radius 3 is 1.91 bits per heavy atom. The lowest BCUT2D eigenvalue weighted by Crippen LogP contribution is -2.28. The first-order chi connectivity index (χ1) is 28.0. The van der Waals surface area contributed by atoms with Gasteiger partial charge in [-0.05, 0) is 76.4 Å². The molecule has 58 heavy (non-hydrogen) atoms. The molecule has 1 aliphatic rings. The van der Waals surface area contributed by atoms with E-state index >= 15 is 13.2 Å². The minimum absolute atomic E-state index is 0.123. The van der Waals surface area contributed by atoms with Crippen LogP contribution in [0.2, 0.25) is 0 Å². The minimum atomic E-state index is -0.549. The average Bonchev–Trinajstić information content (AvgIpc) is 3.89. The highest BCUT2D eigenvalue weighted by Crippen LogP contribution is 2.35. The van der Waals surface area contributed by atoms with Gasteiger partial charge in [-0.1, -0.05) is 36.4 Å². The zero-order valence-electron chi connectivity index (χ0n) is 32.3. The zero-order chi connectivity index (χ0) is 40.4. The van der Waals surface area contributed by atoms with E-state index in [1.54, 1.807) is 64.7 Å². The maximum Gasteiger partial charge on any atom is 0.291 e. The van der Waals surface area contributed by atoms with Crippen LogP contribution in [0.4, 0.5) is 17.6 Å². The van der Waals surface area contributed by atoms with Crippen LogP contribution in [0.1, 0.15) is 40.8 Å². The van der Waals surface area contributed by atoms with Gasteiger partial charge in [0, 0.05) is 69.5 Å². The Bertz CT molecular complexity index is 3050. The minimum Gasteiger partial charge on any atom is -0.339 e. The lowest BCUT2D eigenvalue weighted by molar-refractivity contribution is 0.325. The predicted octanol–water partition coefficient (Wildman–Crippen LogP) is 6.91. The number of halogens is 4.